The summed E-state index contributed by atoms with van der Waals surface area (Å²) in [6.45, 7) is 7.07. The highest BCUT2D eigenvalue weighted by molar-refractivity contribution is 5.69. The molecule has 0 aliphatic carbocycles. The number of hydrogen-bond donors (Lipinski definition) is 0. The molecule has 0 spiro atoms. The maximum atomic E-state index is 13.5. The van der Waals surface area contributed by atoms with Gasteiger partial charge in [-0.3, -0.25) is 4.68 Å². The van der Waals surface area contributed by atoms with E-state index in [0.29, 0.717) is 25.7 Å². The van der Waals surface area contributed by atoms with Crippen molar-refractivity contribution in [3.05, 3.63) is 41.2 Å². The van der Waals surface area contributed by atoms with Crippen LogP contribution in [0.4, 0.5) is 37.1 Å². The van der Waals surface area contributed by atoms with E-state index in [1.807, 2.05) is 13.8 Å². The van der Waals surface area contributed by atoms with E-state index in [-0.39, 0.29) is 48.4 Å². The molecule has 2 aromatic rings. The van der Waals surface area contributed by atoms with Gasteiger partial charge in [-0.05, 0) is 63.3 Å². The van der Waals surface area contributed by atoms with Crippen molar-refractivity contribution in [2.75, 3.05) is 4.90 Å². The zero-order valence-electron chi connectivity index (χ0n) is 22.0. The van der Waals surface area contributed by atoms with E-state index in [4.69, 9.17) is 4.74 Å². The van der Waals surface area contributed by atoms with E-state index in [2.05, 4.69) is 10.1 Å². The number of carbonyl (C=O) groups excluding carboxylic acids is 1. The number of likely N-dealkylation sites (tertiary alicyclic amines) is 1. The molecule has 1 aliphatic heterocycles. The topological polar surface area (TPSA) is 63.5 Å². The highest BCUT2D eigenvalue weighted by atomic mass is 19.4. The lowest BCUT2D eigenvalue weighted by atomic mass is 9.87. The average Bonchev–Trinajstić information content (AvgIpc) is 3.25. The van der Waals surface area contributed by atoms with Gasteiger partial charge in [0.1, 0.15) is 6.33 Å². The number of halogens is 6. The first kappa shape index (κ1) is 29.6. The van der Waals surface area contributed by atoms with Crippen LogP contribution in [0.15, 0.2) is 24.5 Å². The normalized spacial score (nSPS) is 20.6. The number of amides is 1. The third-order valence-electron chi connectivity index (χ3n) is 6.65. The Morgan fingerprint density at radius 3 is 1.95 bits per heavy atom. The number of alkyl halides is 6. The van der Waals surface area contributed by atoms with Gasteiger partial charge in [0.05, 0.1) is 17.2 Å². The second kappa shape index (κ2) is 11.4. The van der Waals surface area contributed by atoms with E-state index in [1.165, 1.54) is 11.0 Å². The van der Waals surface area contributed by atoms with Crippen LogP contribution in [0.3, 0.4) is 0 Å². The first-order chi connectivity index (χ1) is 17.6. The molecule has 3 rings (SSSR count). The Labute approximate surface area is 217 Å². The summed E-state index contributed by atoms with van der Waals surface area (Å²) < 4.78 is 87.9. The van der Waals surface area contributed by atoms with Gasteiger partial charge < -0.3 is 14.5 Å². The van der Waals surface area contributed by atoms with Crippen LogP contribution in [-0.2, 0) is 30.7 Å². The summed E-state index contributed by atoms with van der Waals surface area (Å²) in [5, 5.41) is 4.30. The molecular formula is C25H33F6N5O2. The summed E-state index contributed by atoms with van der Waals surface area (Å²) in [5.74, 6) is 0.186. The summed E-state index contributed by atoms with van der Waals surface area (Å²) >= 11 is 0. The van der Waals surface area contributed by atoms with E-state index in [1.54, 1.807) is 30.7 Å². The largest absolute Gasteiger partial charge is 0.447 e. The molecule has 1 amide bonds. The molecule has 0 bridgehead atoms. The van der Waals surface area contributed by atoms with Crippen molar-refractivity contribution in [3.63, 3.8) is 0 Å². The molecule has 1 saturated heterocycles. The Kier molecular flexibility index (Phi) is 8.87. The van der Waals surface area contributed by atoms with Crippen LogP contribution in [0.1, 0.15) is 70.1 Å². The quantitative estimate of drug-likeness (QED) is 0.373. The minimum Gasteiger partial charge on any atom is -0.447 e. The number of aromatic nitrogens is 3. The maximum absolute atomic E-state index is 13.5. The Hall–Kier alpha value is -2.99. The van der Waals surface area contributed by atoms with Gasteiger partial charge in [-0.15, -0.1) is 5.10 Å². The monoisotopic (exact) mass is 549 g/mol. The summed E-state index contributed by atoms with van der Waals surface area (Å²) in [4.78, 5) is 20.5. The van der Waals surface area contributed by atoms with Gasteiger partial charge in [0.2, 0.25) is 5.95 Å². The van der Waals surface area contributed by atoms with Crippen molar-refractivity contribution in [1.82, 2.24) is 19.7 Å². The van der Waals surface area contributed by atoms with Crippen LogP contribution in [-0.4, -0.2) is 50.0 Å². The van der Waals surface area contributed by atoms with Crippen molar-refractivity contribution < 1.29 is 35.9 Å². The van der Waals surface area contributed by atoms with Gasteiger partial charge in [0, 0.05) is 31.7 Å². The molecule has 0 saturated carbocycles. The SMILES string of the molecule is CC[C@@H]1CC(N(Cc2cc(C(F)(F)F)cc(C(F)(F)F)c2)c2ncn(C)n2)C[C@H](CC)N1C(=O)OC(C)C. The predicted molar refractivity (Wildman–Crippen MR) is 128 cm³/mol. The lowest BCUT2D eigenvalue weighted by Gasteiger charge is -2.47. The number of hydrogen-bond acceptors (Lipinski definition) is 5. The fraction of sp³-hybridized carbons (Fsp3) is 0.640. The van der Waals surface area contributed by atoms with E-state index < -0.39 is 29.6 Å². The number of ether oxygens (including phenoxy) is 1. The van der Waals surface area contributed by atoms with Crippen LogP contribution in [0.5, 0.6) is 0 Å². The average molecular weight is 550 g/mol. The molecule has 13 heteroatoms. The van der Waals surface area contributed by atoms with Gasteiger partial charge in [-0.1, -0.05) is 13.8 Å². The lowest BCUT2D eigenvalue weighted by Crippen LogP contribution is -2.57. The first-order valence-corrected chi connectivity index (χ1v) is 12.5. The fourth-order valence-electron chi connectivity index (χ4n) is 4.92. The van der Waals surface area contributed by atoms with Crippen LogP contribution in [0.25, 0.3) is 0 Å². The number of piperidine rings is 1. The van der Waals surface area contributed by atoms with E-state index in [9.17, 15) is 31.1 Å². The van der Waals surface area contributed by atoms with Gasteiger partial charge in [0.15, 0.2) is 0 Å². The minimum atomic E-state index is -4.95. The van der Waals surface area contributed by atoms with Gasteiger partial charge in [0.25, 0.3) is 0 Å². The summed E-state index contributed by atoms with van der Waals surface area (Å²) in [7, 11) is 1.62. The highest BCUT2D eigenvalue weighted by Crippen LogP contribution is 2.38. The molecule has 2 heterocycles. The molecule has 1 aromatic carbocycles. The molecule has 1 aromatic heterocycles. The number of aryl methyl sites for hydroxylation is 1. The zero-order valence-corrected chi connectivity index (χ0v) is 22.0. The molecule has 0 radical (unpaired) electrons. The zero-order chi connectivity index (χ0) is 28.4. The predicted octanol–water partition coefficient (Wildman–Crippen LogP) is 6.43. The Bertz CT molecular complexity index is 1050. The van der Waals surface area contributed by atoms with E-state index in [0.717, 1.165) is 12.1 Å². The van der Waals surface area contributed by atoms with Crippen molar-refractivity contribution >= 4 is 12.0 Å². The summed E-state index contributed by atoms with van der Waals surface area (Å²) in [5.41, 5.74) is -2.91. The van der Waals surface area contributed by atoms with Gasteiger partial charge in [-0.25, -0.2) is 9.78 Å². The first-order valence-electron chi connectivity index (χ1n) is 12.5. The number of carbonyl (C=O) groups is 1. The molecule has 1 unspecified atom stereocenters. The Morgan fingerprint density at radius 1 is 1.03 bits per heavy atom. The number of rotatable bonds is 7. The fourth-order valence-corrected chi connectivity index (χ4v) is 4.92. The molecule has 1 fully saturated rings. The third kappa shape index (κ3) is 6.90. The smallest absolute Gasteiger partial charge is 0.416 e. The lowest BCUT2D eigenvalue weighted by molar-refractivity contribution is -0.143. The molecule has 3 atom stereocenters. The number of nitrogens with zero attached hydrogens (tertiary/aromatic N) is 5. The molecular weight excluding hydrogens is 516 g/mol. The standard InChI is InChI=1S/C25H33F6N5O2/c1-6-19-11-21(12-20(7-2)36(19)23(37)38-15(3)4)35(22-32-14-34(5)33-22)13-16-8-17(24(26,27)28)10-18(9-16)25(29,30)31/h8-10,14-15,19-21H,6-7,11-13H2,1-5H3/t19-,20+,21?. The van der Waals surface area contributed by atoms with Crippen LogP contribution < -0.4 is 4.90 Å². The van der Waals surface area contributed by atoms with Crippen LogP contribution >= 0.6 is 0 Å². The minimum absolute atomic E-state index is 0.117. The third-order valence-corrected chi connectivity index (χ3v) is 6.65. The van der Waals surface area contributed by atoms with Crippen LogP contribution in [0.2, 0.25) is 0 Å². The van der Waals surface area contributed by atoms with Gasteiger partial charge >= 0.3 is 18.4 Å². The van der Waals surface area contributed by atoms with Crippen molar-refractivity contribution in [1.29, 1.82) is 0 Å². The highest BCUT2D eigenvalue weighted by Gasteiger charge is 2.42. The van der Waals surface area contributed by atoms with E-state index >= 15 is 0 Å². The van der Waals surface area contributed by atoms with Crippen LogP contribution in [0, 0.1) is 0 Å². The number of benzene rings is 1. The van der Waals surface area contributed by atoms with Crippen molar-refractivity contribution in [2.45, 2.75) is 96.5 Å². The van der Waals surface area contributed by atoms with Gasteiger partial charge in [-0.2, -0.15) is 26.3 Å². The second-order valence-electron chi connectivity index (χ2n) is 9.85. The molecule has 212 valence electrons. The number of anilines is 1. The molecule has 7 nitrogen and oxygen atoms in total. The Balaban J connectivity index is 2.02. The van der Waals surface area contributed by atoms with Crippen molar-refractivity contribution in [2.24, 2.45) is 7.05 Å². The molecule has 1 aliphatic rings. The summed E-state index contributed by atoms with van der Waals surface area (Å²) in [6, 6.07) is 0.738. The molecule has 38 heavy (non-hydrogen) atoms. The summed E-state index contributed by atoms with van der Waals surface area (Å²) in [6.07, 6.45) is -7.22. The van der Waals surface area contributed by atoms with Crippen molar-refractivity contribution in [3.8, 4) is 0 Å². The Morgan fingerprint density at radius 2 is 1.55 bits per heavy atom. The molecule has 0 N–H and O–H groups in total. The second-order valence-corrected chi connectivity index (χ2v) is 9.85. The maximum Gasteiger partial charge on any atom is 0.416 e.